The monoisotopic (exact) mass is 366 g/mol. The van der Waals surface area contributed by atoms with E-state index in [1.807, 2.05) is 19.1 Å². The number of hydrogen-bond donors (Lipinski definition) is 1. The average molecular weight is 366 g/mol. The second-order valence-electron chi connectivity index (χ2n) is 6.39. The Bertz CT molecular complexity index is 960. The molecule has 0 saturated heterocycles. The molecule has 7 nitrogen and oxygen atoms in total. The Balaban J connectivity index is 1.67. The van der Waals surface area contributed by atoms with Gasteiger partial charge in [-0.3, -0.25) is 19.6 Å². The normalized spacial score (nSPS) is 10.7. The van der Waals surface area contributed by atoms with Gasteiger partial charge in [0.05, 0.1) is 30.4 Å². The van der Waals surface area contributed by atoms with Crippen molar-refractivity contribution in [2.75, 3.05) is 6.54 Å². The second-order valence-corrected chi connectivity index (χ2v) is 6.39. The van der Waals surface area contributed by atoms with Crippen LogP contribution in [0.1, 0.15) is 39.5 Å². The molecule has 0 fully saturated rings. The zero-order valence-corrected chi connectivity index (χ0v) is 15.4. The van der Waals surface area contributed by atoms with Crippen LogP contribution < -0.4 is 10.9 Å². The number of carbonyl (C=O) groups excluding carboxylic acids is 1. The highest BCUT2D eigenvalue weighted by Crippen LogP contribution is 2.05. The van der Waals surface area contributed by atoms with Crippen LogP contribution in [0.15, 0.2) is 52.3 Å². The van der Waals surface area contributed by atoms with Crippen LogP contribution in [0.3, 0.4) is 0 Å². The van der Waals surface area contributed by atoms with Gasteiger partial charge in [0.25, 0.3) is 11.5 Å². The second kappa shape index (κ2) is 8.44. The van der Waals surface area contributed by atoms with E-state index in [4.69, 9.17) is 4.42 Å². The third-order valence-electron chi connectivity index (χ3n) is 4.23. The first-order valence-electron chi connectivity index (χ1n) is 8.83. The number of rotatable bonds is 7. The lowest BCUT2D eigenvalue weighted by Crippen LogP contribution is -2.34. The number of hydrogen-bond acceptors (Lipinski definition) is 5. The van der Waals surface area contributed by atoms with Crippen molar-refractivity contribution in [3.05, 3.63) is 81.7 Å². The van der Waals surface area contributed by atoms with Crippen molar-refractivity contribution in [3.63, 3.8) is 0 Å². The predicted octanol–water partition coefficient (Wildman–Crippen LogP) is 2.26. The van der Waals surface area contributed by atoms with Crippen LogP contribution >= 0.6 is 0 Å². The maximum Gasteiger partial charge on any atom is 0.264 e. The van der Waals surface area contributed by atoms with Crippen molar-refractivity contribution in [3.8, 4) is 0 Å². The Hall–Kier alpha value is -3.22. The van der Waals surface area contributed by atoms with Crippen LogP contribution in [0.25, 0.3) is 0 Å². The number of aryl methyl sites for hydroxylation is 3. The van der Waals surface area contributed by atoms with E-state index in [1.54, 1.807) is 37.8 Å². The van der Waals surface area contributed by atoms with Crippen LogP contribution in [-0.2, 0) is 13.0 Å². The fraction of sp³-hybridized carbons (Fsp3) is 0.300. The fourth-order valence-corrected chi connectivity index (χ4v) is 2.75. The lowest BCUT2D eigenvalue weighted by Gasteiger charge is -2.11. The van der Waals surface area contributed by atoms with E-state index in [9.17, 15) is 9.59 Å². The van der Waals surface area contributed by atoms with Gasteiger partial charge in [0, 0.05) is 25.4 Å². The highest BCUT2D eigenvalue weighted by Gasteiger charge is 2.15. The maximum absolute atomic E-state index is 12.8. The summed E-state index contributed by atoms with van der Waals surface area (Å²) in [6.45, 7) is 4.35. The summed E-state index contributed by atoms with van der Waals surface area (Å²) in [5, 5.41) is 2.82. The van der Waals surface area contributed by atoms with Gasteiger partial charge in [-0.25, -0.2) is 0 Å². The maximum atomic E-state index is 12.8. The molecule has 0 atom stereocenters. The number of pyridine rings is 1. The summed E-state index contributed by atoms with van der Waals surface area (Å²) < 4.78 is 6.74. The summed E-state index contributed by atoms with van der Waals surface area (Å²) in [5.74, 6) is 0.517. The van der Waals surface area contributed by atoms with Gasteiger partial charge in [-0.15, -0.1) is 0 Å². The molecule has 3 aromatic heterocycles. The third-order valence-corrected chi connectivity index (χ3v) is 4.23. The molecule has 0 bridgehead atoms. The number of aromatic nitrogens is 3. The summed E-state index contributed by atoms with van der Waals surface area (Å²) in [6.07, 6.45) is 8.06. The summed E-state index contributed by atoms with van der Waals surface area (Å²) >= 11 is 0. The minimum Gasteiger partial charge on any atom is -0.469 e. The van der Waals surface area contributed by atoms with Crippen molar-refractivity contribution in [1.82, 2.24) is 19.9 Å². The third kappa shape index (κ3) is 4.69. The Morgan fingerprint density at radius 3 is 2.78 bits per heavy atom. The summed E-state index contributed by atoms with van der Waals surface area (Å²) in [5.41, 5.74) is 1.95. The highest BCUT2D eigenvalue weighted by molar-refractivity contribution is 5.95. The standard InChI is InChI=1S/C20H22N4O3/c1-14-7-9-24(13-16-12-22-15(2)11-23-16)20(26)18(14)19(25)21-8-3-5-17-6-4-10-27-17/h4,6-7,9-12H,3,5,8,13H2,1-2H3,(H,21,25). The molecule has 0 aliphatic rings. The number of nitrogens with one attached hydrogen (secondary N) is 1. The molecule has 7 heteroatoms. The largest absolute Gasteiger partial charge is 0.469 e. The molecule has 0 aromatic carbocycles. The number of amides is 1. The van der Waals surface area contributed by atoms with Crippen LogP contribution in [-0.4, -0.2) is 27.0 Å². The fourth-order valence-electron chi connectivity index (χ4n) is 2.75. The molecular weight excluding hydrogens is 344 g/mol. The van der Waals surface area contributed by atoms with Crippen molar-refractivity contribution in [2.24, 2.45) is 0 Å². The van der Waals surface area contributed by atoms with Crippen molar-refractivity contribution >= 4 is 5.91 Å². The SMILES string of the molecule is Cc1cnc(Cn2ccc(C)c(C(=O)NCCCc3ccco3)c2=O)cn1. The van der Waals surface area contributed by atoms with E-state index < -0.39 is 0 Å². The van der Waals surface area contributed by atoms with E-state index in [0.717, 1.165) is 24.3 Å². The Morgan fingerprint density at radius 1 is 1.22 bits per heavy atom. The zero-order valence-electron chi connectivity index (χ0n) is 15.4. The van der Waals surface area contributed by atoms with Gasteiger partial charge < -0.3 is 14.3 Å². The number of nitrogens with zero attached hydrogens (tertiary/aromatic N) is 3. The van der Waals surface area contributed by atoms with Crippen molar-refractivity contribution in [1.29, 1.82) is 0 Å². The molecule has 1 N–H and O–H groups in total. The van der Waals surface area contributed by atoms with E-state index >= 15 is 0 Å². The Morgan fingerprint density at radius 2 is 2.07 bits per heavy atom. The van der Waals surface area contributed by atoms with E-state index in [-0.39, 0.29) is 23.6 Å². The summed E-state index contributed by atoms with van der Waals surface area (Å²) in [7, 11) is 0. The van der Waals surface area contributed by atoms with Gasteiger partial charge in [0.1, 0.15) is 11.3 Å². The van der Waals surface area contributed by atoms with Crippen LogP contribution in [0, 0.1) is 13.8 Å². The molecule has 0 aliphatic carbocycles. The van der Waals surface area contributed by atoms with Gasteiger partial charge in [-0.1, -0.05) is 0 Å². The smallest absolute Gasteiger partial charge is 0.264 e. The Kier molecular flexibility index (Phi) is 5.80. The minimum atomic E-state index is -0.360. The lowest BCUT2D eigenvalue weighted by atomic mass is 10.1. The van der Waals surface area contributed by atoms with Crippen LogP contribution in [0.2, 0.25) is 0 Å². The molecule has 140 valence electrons. The van der Waals surface area contributed by atoms with Crippen LogP contribution in [0.5, 0.6) is 0 Å². The van der Waals surface area contributed by atoms with Gasteiger partial charge >= 0.3 is 0 Å². The highest BCUT2D eigenvalue weighted by atomic mass is 16.3. The first-order chi connectivity index (χ1) is 13.0. The summed E-state index contributed by atoms with van der Waals surface area (Å²) in [4.78, 5) is 33.7. The van der Waals surface area contributed by atoms with E-state index in [0.29, 0.717) is 17.8 Å². The van der Waals surface area contributed by atoms with E-state index in [1.165, 1.54) is 4.57 Å². The van der Waals surface area contributed by atoms with Crippen molar-refractivity contribution < 1.29 is 9.21 Å². The molecule has 3 aromatic rings. The molecular formula is C20H22N4O3. The van der Waals surface area contributed by atoms with Gasteiger partial charge in [-0.05, 0) is 44.0 Å². The molecule has 0 aliphatic heterocycles. The first-order valence-corrected chi connectivity index (χ1v) is 8.83. The van der Waals surface area contributed by atoms with Crippen LogP contribution in [0.4, 0.5) is 0 Å². The van der Waals surface area contributed by atoms with Gasteiger partial charge in [-0.2, -0.15) is 0 Å². The molecule has 3 rings (SSSR count). The lowest BCUT2D eigenvalue weighted by molar-refractivity contribution is 0.0950. The number of furan rings is 1. The molecule has 0 radical (unpaired) electrons. The molecule has 0 saturated carbocycles. The van der Waals surface area contributed by atoms with Gasteiger partial charge in [0.2, 0.25) is 0 Å². The molecule has 1 amide bonds. The Labute approximate surface area is 157 Å². The molecule has 0 spiro atoms. The quantitative estimate of drug-likeness (QED) is 0.648. The average Bonchev–Trinajstić information content (AvgIpc) is 3.16. The van der Waals surface area contributed by atoms with Gasteiger partial charge in [0.15, 0.2) is 0 Å². The first kappa shape index (κ1) is 18.6. The summed E-state index contributed by atoms with van der Waals surface area (Å²) in [6, 6.07) is 5.50. The van der Waals surface area contributed by atoms with Crippen molar-refractivity contribution in [2.45, 2.75) is 33.2 Å². The predicted molar refractivity (Wildman–Crippen MR) is 101 cm³/mol. The van der Waals surface area contributed by atoms with E-state index in [2.05, 4.69) is 15.3 Å². The topological polar surface area (TPSA) is 90.0 Å². The molecule has 0 unspecified atom stereocenters. The minimum absolute atomic E-state index is 0.163. The zero-order chi connectivity index (χ0) is 19.2. The molecule has 3 heterocycles. The molecule has 27 heavy (non-hydrogen) atoms. The number of carbonyl (C=O) groups is 1.